The van der Waals surface area contributed by atoms with Gasteiger partial charge in [0.1, 0.15) is 5.75 Å². The van der Waals surface area contributed by atoms with Crippen molar-refractivity contribution in [2.24, 2.45) is 10.7 Å². The molecule has 3 rings (SSSR count). The van der Waals surface area contributed by atoms with Crippen LogP contribution >= 0.6 is 28.6 Å². The lowest BCUT2D eigenvalue weighted by Crippen LogP contribution is -2.38. The molecular weight excluding hydrogens is 366 g/mol. The topological polar surface area (TPSA) is 50.8 Å². The highest BCUT2D eigenvalue weighted by molar-refractivity contribution is 8.93. The molecule has 0 aliphatic carbocycles. The van der Waals surface area contributed by atoms with Crippen LogP contribution in [0.25, 0.3) is 0 Å². The predicted octanol–water partition coefficient (Wildman–Crippen LogP) is 3.89. The predicted molar refractivity (Wildman–Crippen MR) is 95.3 cm³/mol. The molecule has 6 heteroatoms. The summed E-state index contributed by atoms with van der Waals surface area (Å²) >= 11 is 6.24. The van der Waals surface area contributed by atoms with Crippen LogP contribution in [0.2, 0.25) is 5.02 Å². The van der Waals surface area contributed by atoms with E-state index in [0.29, 0.717) is 19.0 Å². The molecule has 0 amide bonds. The fraction of sp³-hybridized carbons (Fsp3) is 0.188. The smallest absolute Gasteiger partial charge is 0.197 e. The lowest BCUT2D eigenvalue weighted by molar-refractivity contribution is 0.394. The monoisotopic (exact) mass is 381 g/mol. The number of ether oxygens (including phenoxy) is 1. The van der Waals surface area contributed by atoms with E-state index >= 15 is 0 Å². The van der Waals surface area contributed by atoms with Crippen LogP contribution in [-0.4, -0.2) is 18.0 Å². The van der Waals surface area contributed by atoms with Crippen LogP contribution in [0, 0.1) is 0 Å². The van der Waals surface area contributed by atoms with Crippen LogP contribution in [-0.2, 0) is 13.1 Å². The van der Waals surface area contributed by atoms with Gasteiger partial charge < -0.3 is 15.4 Å². The van der Waals surface area contributed by atoms with Crippen molar-refractivity contribution < 1.29 is 4.74 Å². The molecule has 22 heavy (non-hydrogen) atoms. The molecular formula is C16H17BrClN3O. The van der Waals surface area contributed by atoms with E-state index in [-0.39, 0.29) is 17.0 Å². The Morgan fingerprint density at radius 3 is 2.64 bits per heavy atom. The van der Waals surface area contributed by atoms with E-state index < -0.39 is 0 Å². The van der Waals surface area contributed by atoms with E-state index in [1.54, 1.807) is 7.11 Å². The SMILES string of the molecule is Br.COc1ccc(CN2Cc3c(Cl)cccc3N=C2N)cc1. The van der Waals surface area contributed by atoms with Crippen molar-refractivity contribution in [1.29, 1.82) is 0 Å². The van der Waals surface area contributed by atoms with Crippen LogP contribution in [0.5, 0.6) is 5.75 Å². The highest BCUT2D eigenvalue weighted by Gasteiger charge is 2.19. The molecule has 0 saturated carbocycles. The molecule has 0 fully saturated rings. The van der Waals surface area contributed by atoms with Crippen molar-refractivity contribution >= 4 is 40.2 Å². The molecule has 2 aromatic rings. The van der Waals surface area contributed by atoms with Crippen molar-refractivity contribution in [2.75, 3.05) is 7.11 Å². The van der Waals surface area contributed by atoms with Crippen molar-refractivity contribution in [3.63, 3.8) is 0 Å². The maximum Gasteiger partial charge on any atom is 0.197 e. The molecule has 0 saturated heterocycles. The number of fused-ring (bicyclic) bond motifs is 1. The quantitative estimate of drug-likeness (QED) is 0.876. The molecule has 0 spiro atoms. The Kier molecular flexibility index (Phi) is 5.32. The summed E-state index contributed by atoms with van der Waals surface area (Å²) in [5, 5.41) is 0.725. The summed E-state index contributed by atoms with van der Waals surface area (Å²) in [7, 11) is 1.66. The van der Waals surface area contributed by atoms with Gasteiger partial charge in [0.2, 0.25) is 0 Å². The third kappa shape index (κ3) is 3.36. The van der Waals surface area contributed by atoms with Gasteiger partial charge in [0, 0.05) is 23.7 Å². The number of halogens is 2. The summed E-state index contributed by atoms with van der Waals surface area (Å²) in [5.74, 6) is 1.35. The fourth-order valence-corrected chi connectivity index (χ4v) is 2.59. The van der Waals surface area contributed by atoms with E-state index in [2.05, 4.69) is 4.99 Å². The molecule has 2 aromatic carbocycles. The van der Waals surface area contributed by atoms with Gasteiger partial charge in [0.05, 0.1) is 12.8 Å². The van der Waals surface area contributed by atoms with Gasteiger partial charge in [-0.3, -0.25) is 0 Å². The first-order chi connectivity index (χ1) is 10.2. The Morgan fingerprint density at radius 1 is 1.23 bits per heavy atom. The summed E-state index contributed by atoms with van der Waals surface area (Å²) < 4.78 is 5.16. The Labute approximate surface area is 145 Å². The fourth-order valence-electron chi connectivity index (χ4n) is 2.36. The summed E-state index contributed by atoms with van der Waals surface area (Å²) in [4.78, 5) is 6.44. The molecule has 0 radical (unpaired) electrons. The minimum atomic E-state index is 0. The number of benzene rings is 2. The third-order valence-electron chi connectivity index (χ3n) is 3.53. The number of hydrogen-bond donors (Lipinski definition) is 1. The van der Waals surface area contributed by atoms with E-state index in [4.69, 9.17) is 22.1 Å². The number of guanidine groups is 1. The Bertz CT molecular complexity index is 688. The summed E-state index contributed by atoms with van der Waals surface area (Å²) in [5.41, 5.74) is 9.07. The maximum atomic E-state index is 6.24. The van der Waals surface area contributed by atoms with Gasteiger partial charge >= 0.3 is 0 Å². The van der Waals surface area contributed by atoms with E-state index in [9.17, 15) is 0 Å². The number of hydrogen-bond acceptors (Lipinski definition) is 4. The van der Waals surface area contributed by atoms with Gasteiger partial charge in [0.25, 0.3) is 0 Å². The van der Waals surface area contributed by atoms with E-state index in [1.165, 1.54) is 0 Å². The normalized spacial score (nSPS) is 13.0. The Morgan fingerprint density at radius 2 is 1.95 bits per heavy atom. The first-order valence-corrected chi connectivity index (χ1v) is 7.04. The number of nitrogens with two attached hydrogens (primary N) is 1. The number of aliphatic imine (C=N–C) groups is 1. The third-order valence-corrected chi connectivity index (χ3v) is 3.89. The first-order valence-electron chi connectivity index (χ1n) is 6.67. The summed E-state index contributed by atoms with van der Waals surface area (Å²) in [6.07, 6.45) is 0. The molecule has 2 N–H and O–H groups in total. The maximum absolute atomic E-state index is 6.24. The van der Waals surface area contributed by atoms with Gasteiger partial charge in [0.15, 0.2) is 5.96 Å². The zero-order valence-electron chi connectivity index (χ0n) is 12.1. The van der Waals surface area contributed by atoms with Gasteiger partial charge in [-0.15, -0.1) is 17.0 Å². The molecule has 1 aliphatic rings. The van der Waals surface area contributed by atoms with Gasteiger partial charge in [-0.05, 0) is 29.8 Å². The molecule has 0 unspecified atom stereocenters. The Hall–Kier alpha value is -1.72. The molecule has 4 nitrogen and oxygen atoms in total. The molecule has 1 aliphatic heterocycles. The average Bonchev–Trinajstić information content (AvgIpc) is 2.50. The van der Waals surface area contributed by atoms with Crippen LogP contribution in [0.4, 0.5) is 5.69 Å². The lowest BCUT2D eigenvalue weighted by Gasteiger charge is -2.28. The minimum Gasteiger partial charge on any atom is -0.497 e. The number of nitrogens with zero attached hydrogens (tertiary/aromatic N) is 2. The average molecular weight is 383 g/mol. The second kappa shape index (κ2) is 7.03. The Balaban J connectivity index is 0.00000176. The first kappa shape index (κ1) is 16.6. The zero-order chi connectivity index (χ0) is 14.8. The molecule has 0 atom stereocenters. The number of methoxy groups -OCH3 is 1. The van der Waals surface area contributed by atoms with E-state index in [1.807, 2.05) is 47.4 Å². The highest BCUT2D eigenvalue weighted by atomic mass is 79.9. The molecule has 0 bridgehead atoms. The van der Waals surface area contributed by atoms with Crippen molar-refractivity contribution in [1.82, 2.24) is 4.90 Å². The second-order valence-corrected chi connectivity index (χ2v) is 5.32. The van der Waals surface area contributed by atoms with Gasteiger partial charge in [-0.2, -0.15) is 0 Å². The summed E-state index contributed by atoms with van der Waals surface area (Å²) in [6, 6.07) is 13.6. The highest BCUT2D eigenvalue weighted by Crippen LogP contribution is 2.31. The number of rotatable bonds is 3. The standard InChI is InChI=1S/C16H16ClN3O.BrH/c1-21-12-7-5-11(6-8-12)9-20-10-13-14(17)3-2-4-15(13)19-16(20)18;/h2-8H,9-10H2,1H3,(H2,18,19);1H. The van der Waals surface area contributed by atoms with Gasteiger partial charge in [-0.1, -0.05) is 29.8 Å². The largest absolute Gasteiger partial charge is 0.497 e. The van der Waals surface area contributed by atoms with Crippen LogP contribution in [0.1, 0.15) is 11.1 Å². The van der Waals surface area contributed by atoms with Gasteiger partial charge in [-0.25, -0.2) is 4.99 Å². The van der Waals surface area contributed by atoms with Crippen molar-refractivity contribution in [2.45, 2.75) is 13.1 Å². The minimum absolute atomic E-state index is 0. The van der Waals surface area contributed by atoms with Crippen LogP contribution < -0.4 is 10.5 Å². The lowest BCUT2D eigenvalue weighted by atomic mass is 10.1. The molecule has 0 aromatic heterocycles. The van der Waals surface area contributed by atoms with E-state index in [0.717, 1.165) is 27.6 Å². The second-order valence-electron chi connectivity index (χ2n) is 4.91. The molecule has 116 valence electrons. The zero-order valence-corrected chi connectivity index (χ0v) is 14.6. The van der Waals surface area contributed by atoms with Crippen LogP contribution in [0.3, 0.4) is 0 Å². The van der Waals surface area contributed by atoms with Crippen molar-refractivity contribution in [3.8, 4) is 5.75 Å². The molecule has 1 heterocycles. The van der Waals surface area contributed by atoms with Crippen molar-refractivity contribution in [3.05, 3.63) is 58.6 Å². The summed E-state index contributed by atoms with van der Waals surface area (Å²) in [6.45, 7) is 1.35. The van der Waals surface area contributed by atoms with Crippen LogP contribution in [0.15, 0.2) is 47.5 Å².